The molecule has 0 atom stereocenters. The van der Waals surface area contributed by atoms with E-state index in [0.717, 1.165) is 36.2 Å². The van der Waals surface area contributed by atoms with Gasteiger partial charge in [0.05, 0.1) is 6.61 Å². The van der Waals surface area contributed by atoms with Crippen LogP contribution < -0.4 is 5.32 Å². The van der Waals surface area contributed by atoms with Crippen LogP contribution in [0, 0.1) is 0 Å². The molecule has 17 heavy (non-hydrogen) atoms. The molecule has 0 aromatic heterocycles. The van der Waals surface area contributed by atoms with Crippen LogP contribution in [0.15, 0.2) is 24.3 Å². The molecule has 1 aliphatic rings. The first-order chi connectivity index (χ1) is 8.36. The minimum absolute atomic E-state index is 0.621. The second-order valence-electron chi connectivity index (χ2n) is 4.58. The normalized spacial score (nSPS) is 15.1. The molecule has 94 valence electrons. The lowest BCUT2D eigenvalue weighted by Crippen LogP contribution is -2.17. The molecule has 0 spiro atoms. The third kappa shape index (κ3) is 5.07. The van der Waals surface area contributed by atoms with E-state index in [1.807, 2.05) is 24.3 Å². The van der Waals surface area contributed by atoms with Crippen molar-refractivity contribution in [2.45, 2.75) is 38.3 Å². The van der Waals surface area contributed by atoms with Crippen molar-refractivity contribution in [1.82, 2.24) is 5.32 Å². The standard InChI is InChI=1S/C14H20ClNO/c15-14-6-2-1-5-12(14)11-17-10-4-3-9-16-13-7-8-13/h1-2,5-6,13,16H,3-4,7-11H2. The Hall–Kier alpha value is -0.570. The van der Waals surface area contributed by atoms with Crippen LogP contribution in [0.1, 0.15) is 31.2 Å². The molecule has 0 heterocycles. The molecule has 0 amide bonds. The van der Waals surface area contributed by atoms with Gasteiger partial charge in [-0.15, -0.1) is 0 Å². The number of hydrogen-bond acceptors (Lipinski definition) is 2. The van der Waals surface area contributed by atoms with Gasteiger partial charge in [0.15, 0.2) is 0 Å². The Kier molecular flexibility index (Phi) is 5.30. The lowest BCUT2D eigenvalue weighted by Gasteiger charge is -2.06. The van der Waals surface area contributed by atoms with Gasteiger partial charge in [0.1, 0.15) is 0 Å². The van der Waals surface area contributed by atoms with Crippen LogP contribution in [0.3, 0.4) is 0 Å². The van der Waals surface area contributed by atoms with Gasteiger partial charge in [0.2, 0.25) is 0 Å². The van der Waals surface area contributed by atoms with Gasteiger partial charge in [0, 0.05) is 17.7 Å². The Balaban J connectivity index is 1.49. The molecule has 2 rings (SSSR count). The molecule has 0 aliphatic heterocycles. The SMILES string of the molecule is Clc1ccccc1COCCCCNC1CC1. The van der Waals surface area contributed by atoms with Crippen LogP contribution in [-0.4, -0.2) is 19.2 Å². The maximum absolute atomic E-state index is 6.04. The zero-order chi connectivity index (χ0) is 11.9. The average molecular weight is 254 g/mol. The van der Waals surface area contributed by atoms with Crippen LogP contribution in [0.4, 0.5) is 0 Å². The zero-order valence-electron chi connectivity index (χ0n) is 10.1. The van der Waals surface area contributed by atoms with Gasteiger partial charge >= 0.3 is 0 Å². The highest BCUT2D eigenvalue weighted by atomic mass is 35.5. The average Bonchev–Trinajstić information content (AvgIpc) is 3.14. The smallest absolute Gasteiger partial charge is 0.0731 e. The molecule has 1 saturated carbocycles. The predicted molar refractivity (Wildman–Crippen MR) is 71.4 cm³/mol. The number of nitrogens with one attached hydrogen (secondary N) is 1. The van der Waals surface area contributed by atoms with Crippen LogP contribution >= 0.6 is 11.6 Å². The Morgan fingerprint density at radius 2 is 2.06 bits per heavy atom. The van der Waals surface area contributed by atoms with Crippen molar-refractivity contribution < 1.29 is 4.74 Å². The first-order valence-corrected chi connectivity index (χ1v) is 6.78. The van der Waals surface area contributed by atoms with Gasteiger partial charge in [-0.2, -0.15) is 0 Å². The lowest BCUT2D eigenvalue weighted by atomic mass is 10.2. The van der Waals surface area contributed by atoms with Crippen molar-refractivity contribution in [3.8, 4) is 0 Å². The summed E-state index contributed by atoms with van der Waals surface area (Å²) in [5.41, 5.74) is 1.07. The highest BCUT2D eigenvalue weighted by Crippen LogP contribution is 2.18. The van der Waals surface area contributed by atoms with E-state index in [1.165, 1.54) is 19.3 Å². The number of unbranched alkanes of at least 4 members (excludes halogenated alkanes) is 1. The molecular formula is C14H20ClNO. The summed E-state index contributed by atoms with van der Waals surface area (Å²) in [4.78, 5) is 0. The predicted octanol–water partition coefficient (Wildman–Crippen LogP) is 3.39. The van der Waals surface area contributed by atoms with E-state index in [-0.39, 0.29) is 0 Å². The highest BCUT2D eigenvalue weighted by Gasteiger charge is 2.19. The molecule has 1 aromatic rings. The topological polar surface area (TPSA) is 21.3 Å². The third-order valence-electron chi connectivity index (χ3n) is 2.94. The van der Waals surface area contributed by atoms with E-state index in [0.29, 0.717) is 6.61 Å². The van der Waals surface area contributed by atoms with Gasteiger partial charge in [-0.05, 0) is 43.9 Å². The van der Waals surface area contributed by atoms with E-state index in [9.17, 15) is 0 Å². The lowest BCUT2D eigenvalue weighted by molar-refractivity contribution is 0.117. The molecular weight excluding hydrogens is 234 g/mol. The summed E-state index contributed by atoms with van der Waals surface area (Å²) < 4.78 is 5.61. The van der Waals surface area contributed by atoms with Crippen LogP contribution in [0.25, 0.3) is 0 Å². The maximum atomic E-state index is 6.04. The van der Waals surface area contributed by atoms with Crippen LogP contribution in [0.5, 0.6) is 0 Å². The molecule has 0 unspecified atom stereocenters. The summed E-state index contributed by atoms with van der Waals surface area (Å²) in [5, 5.41) is 4.29. The number of hydrogen-bond donors (Lipinski definition) is 1. The van der Waals surface area contributed by atoms with Crippen molar-refractivity contribution in [3.63, 3.8) is 0 Å². The third-order valence-corrected chi connectivity index (χ3v) is 3.31. The molecule has 1 aromatic carbocycles. The summed E-state index contributed by atoms with van der Waals surface area (Å²) in [6.45, 7) is 2.56. The molecule has 1 aliphatic carbocycles. The summed E-state index contributed by atoms with van der Waals surface area (Å²) >= 11 is 6.04. The van der Waals surface area contributed by atoms with Crippen LogP contribution in [-0.2, 0) is 11.3 Å². The number of rotatable bonds is 8. The number of ether oxygens (including phenoxy) is 1. The van der Waals surface area contributed by atoms with Crippen molar-refractivity contribution in [2.24, 2.45) is 0 Å². The van der Waals surface area contributed by atoms with E-state index >= 15 is 0 Å². The minimum atomic E-state index is 0.621. The van der Waals surface area contributed by atoms with Crippen molar-refractivity contribution >= 4 is 11.6 Å². The molecule has 1 N–H and O–H groups in total. The van der Waals surface area contributed by atoms with E-state index in [1.54, 1.807) is 0 Å². The van der Waals surface area contributed by atoms with Crippen molar-refractivity contribution in [3.05, 3.63) is 34.9 Å². The Bertz CT molecular complexity index is 339. The van der Waals surface area contributed by atoms with Gasteiger partial charge in [-0.1, -0.05) is 29.8 Å². The Morgan fingerprint density at radius 3 is 2.82 bits per heavy atom. The molecule has 2 nitrogen and oxygen atoms in total. The van der Waals surface area contributed by atoms with Gasteiger partial charge in [0.25, 0.3) is 0 Å². The fraction of sp³-hybridized carbons (Fsp3) is 0.571. The minimum Gasteiger partial charge on any atom is -0.377 e. The maximum Gasteiger partial charge on any atom is 0.0731 e. The quantitative estimate of drug-likeness (QED) is 0.717. The van der Waals surface area contributed by atoms with E-state index < -0.39 is 0 Å². The van der Waals surface area contributed by atoms with E-state index in [4.69, 9.17) is 16.3 Å². The fourth-order valence-corrected chi connectivity index (χ4v) is 1.91. The fourth-order valence-electron chi connectivity index (χ4n) is 1.72. The number of benzene rings is 1. The second kappa shape index (κ2) is 7.00. The first kappa shape index (κ1) is 12.9. The molecule has 0 saturated heterocycles. The second-order valence-corrected chi connectivity index (χ2v) is 4.99. The monoisotopic (exact) mass is 253 g/mol. The molecule has 3 heteroatoms. The summed E-state index contributed by atoms with van der Waals surface area (Å²) in [5.74, 6) is 0. The first-order valence-electron chi connectivity index (χ1n) is 6.41. The van der Waals surface area contributed by atoms with Gasteiger partial charge in [-0.3, -0.25) is 0 Å². The summed E-state index contributed by atoms with van der Waals surface area (Å²) in [7, 11) is 0. The van der Waals surface area contributed by atoms with Crippen molar-refractivity contribution in [1.29, 1.82) is 0 Å². The summed E-state index contributed by atoms with van der Waals surface area (Å²) in [6, 6.07) is 8.66. The summed E-state index contributed by atoms with van der Waals surface area (Å²) in [6.07, 6.45) is 5.04. The Morgan fingerprint density at radius 1 is 1.24 bits per heavy atom. The highest BCUT2D eigenvalue weighted by molar-refractivity contribution is 6.31. The molecule has 0 radical (unpaired) electrons. The van der Waals surface area contributed by atoms with Gasteiger partial charge in [-0.25, -0.2) is 0 Å². The molecule has 0 bridgehead atoms. The Labute approximate surface area is 108 Å². The largest absolute Gasteiger partial charge is 0.377 e. The number of halogens is 1. The van der Waals surface area contributed by atoms with E-state index in [2.05, 4.69) is 5.32 Å². The molecule has 1 fully saturated rings. The van der Waals surface area contributed by atoms with Crippen LogP contribution in [0.2, 0.25) is 5.02 Å². The zero-order valence-corrected chi connectivity index (χ0v) is 10.9. The van der Waals surface area contributed by atoms with Gasteiger partial charge < -0.3 is 10.1 Å². The van der Waals surface area contributed by atoms with Crippen molar-refractivity contribution in [2.75, 3.05) is 13.2 Å².